The lowest BCUT2D eigenvalue weighted by molar-refractivity contribution is 0.0542. The average Bonchev–Trinajstić information content (AvgIpc) is 2.25. The largest absolute Gasteiger partial charge is 0.396 e. The van der Waals surface area contributed by atoms with Crippen LogP contribution in [0.5, 0.6) is 0 Å². The van der Waals surface area contributed by atoms with Crippen molar-refractivity contribution in [2.24, 2.45) is 17.2 Å². The molecular weight excluding hydrogens is 140 g/mol. The summed E-state index contributed by atoms with van der Waals surface area (Å²) in [6.45, 7) is 2.20. The van der Waals surface area contributed by atoms with Crippen LogP contribution in [0.4, 0.5) is 0 Å². The van der Waals surface area contributed by atoms with Crippen molar-refractivity contribution >= 4 is 0 Å². The summed E-state index contributed by atoms with van der Waals surface area (Å²) >= 11 is 0. The summed E-state index contributed by atoms with van der Waals surface area (Å²) < 4.78 is 0. The van der Waals surface area contributed by atoms with Crippen LogP contribution in [-0.4, -0.2) is 29.8 Å². The fourth-order valence-corrected chi connectivity index (χ4v) is 2.52. The van der Waals surface area contributed by atoms with E-state index in [4.69, 9.17) is 10.9 Å². The summed E-state index contributed by atoms with van der Waals surface area (Å²) in [6.07, 6.45) is 3.86. The SMILES string of the molecule is NN1C[C@H](CO)C2(CCC2)C1. The summed E-state index contributed by atoms with van der Waals surface area (Å²) in [6, 6.07) is 0. The third-order valence-electron chi connectivity index (χ3n) is 3.41. The predicted octanol–water partition coefficient (Wildman–Crippen LogP) is -0.0455. The van der Waals surface area contributed by atoms with Crippen molar-refractivity contribution in [2.45, 2.75) is 19.3 Å². The molecule has 0 aromatic heterocycles. The van der Waals surface area contributed by atoms with Gasteiger partial charge in [0.1, 0.15) is 0 Å². The Kier molecular flexibility index (Phi) is 1.67. The van der Waals surface area contributed by atoms with Crippen LogP contribution in [0.1, 0.15) is 19.3 Å². The van der Waals surface area contributed by atoms with Gasteiger partial charge in [0, 0.05) is 25.6 Å². The number of aliphatic hydroxyl groups excluding tert-OH is 1. The molecule has 1 atom stereocenters. The zero-order valence-corrected chi connectivity index (χ0v) is 6.79. The second-order valence-electron chi connectivity index (χ2n) is 4.02. The summed E-state index contributed by atoms with van der Waals surface area (Å²) in [5, 5.41) is 11.0. The van der Waals surface area contributed by atoms with Gasteiger partial charge in [0.15, 0.2) is 0 Å². The molecule has 3 N–H and O–H groups in total. The number of rotatable bonds is 1. The molecule has 2 aliphatic rings. The standard InChI is InChI=1S/C8H16N2O/c9-10-4-7(5-11)8(6-10)2-1-3-8/h7,11H,1-6,9H2/t7-/m1/s1. The molecule has 0 unspecified atom stereocenters. The molecule has 0 radical (unpaired) electrons. The number of hydrogen-bond donors (Lipinski definition) is 2. The van der Waals surface area contributed by atoms with Crippen LogP contribution < -0.4 is 5.84 Å². The van der Waals surface area contributed by atoms with Crippen LogP contribution in [0.3, 0.4) is 0 Å². The Morgan fingerprint density at radius 2 is 2.27 bits per heavy atom. The zero-order valence-electron chi connectivity index (χ0n) is 6.79. The molecule has 1 spiro atoms. The predicted molar refractivity (Wildman–Crippen MR) is 42.6 cm³/mol. The van der Waals surface area contributed by atoms with Crippen molar-refractivity contribution in [3.63, 3.8) is 0 Å². The number of hydrazine groups is 1. The highest BCUT2D eigenvalue weighted by molar-refractivity contribution is 4.99. The second-order valence-corrected chi connectivity index (χ2v) is 4.02. The van der Waals surface area contributed by atoms with E-state index in [9.17, 15) is 0 Å². The van der Waals surface area contributed by atoms with Gasteiger partial charge in [-0.1, -0.05) is 6.42 Å². The molecule has 3 nitrogen and oxygen atoms in total. The molecule has 2 rings (SSSR count). The van der Waals surface area contributed by atoms with Crippen LogP contribution in [-0.2, 0) is 0 Å². The number of nitrogens with two attached hydrogens (primary N) is 1. The lowest BCUT2D eigenvalue weighted by Crippen LogP contribution is -2.39. The molecule has 0 amide bonds. The van der Waals surface area contributed by atoms with Crippen LogP contribution in [0.25, 0.3) is 0 Å². The first kappa shape index (κ1) is 7.53. The smallest absolute Gasteiger partial charge is 0.0477 e. The summed E-state index contributed by atoms with van der Waals surface area (Å²) in [5.41, 5.74) is 0.406. The summed E-state index contributed by atoms with van der Waals surface area (Å²) in [4.78, 5) is 0. The molecule has 1 saturated heterocycles. The van der Waals surface area contributed by atoms with Crippen molar-refractivity contribution in [1.29, 1.82) is 0 Å². The molecule has 11 heavy (non-hydrogen) atoms. The van der Waals surface area contributed by atoms with E-state index in [0.29, 0.717) is 17.9 Å². The van der Waals surface area contributed by atoms with Gasteiger partial charge < -0.3 is 5.11 Å². The Morgan fingerprint density at radius 1 is 1.55 bits per heavy atom. The highest BCUT2D eigenvalue weighted by Gasteiger charge is 2.49. The third-order valence-corrected chi connectivity index (χ3v) is 3.41. The Hall–Kier alpha value is -0.120. The average molecular weight is 156 g/mol. The van der Waals surface area contributed by atoms with Crippen molar-refractivity contribution in [2.75, 3.05) is 19.7 Å². The molecule has 1 saturated carbocycles. The van der Waals surface area contributed by atoms with Crippen molar-refractivity contribution in [3.05, 3.63) is 0 Å². The topological polar surface area (TPSA) is 49.5 Å². The van der Waals surface area contributed by atoms with E-state index in [-0.39, 0.29) is 0 Å². The van der Waals surface area contributed by atoms with Gasteiger partial charge in [-0.25, -0.2) is 5.01 Å². The highest BCUT2D eigenvalue weighted by atomic mass is 16.3. The summed E-state index contributed by atoms with van der Waals surface area (Å²) in [5.74, 6) is 6.15. The Labute approximate surface area is 67.1 Å². The first-order valence-electron chi connectivity index (χ1n) is 4.37. The lowest BCUT2D eigenvalue weighted by atomic mass is 9.63. The van der Waals surface area contributed by atoms with E-state index in [1.54, 1.807) is 0 Å². The molecule has 1 aliphatic carbocycles. The van der Waals surface area contributed by atoms with E-state index in [1.807, 2.05) is 5.01 Å². The van der Waals surface area contributed by atoms with E-state index >= 15 is 0 Å². The fourth-order valence-electron chi connectivity index (χ4n) is 2.52. The number of nitrogens with zero attached hydrogens (tertiary/aromatic N) is 1. The molecule has 3 heteroatoms. The van der Waals surface area contributed by atoms with Crippen LogP contribution >= 0.6 is 0 Å². The molecule has 0 aromatic rings. The van der Waals surface area contributed by atoms with Crippen LogP contribution in [0, 0.1) is 11.3 Å². The number of hydrogen-bond acceptors (Lipinski definition) is 3. The monoisotopic (exact) mass is 156 g/mol. The quantitative estimate of drug-likeness (QED) is 0.523. The van der Waals surface area contributed by atoms with Crippen LogP contribution in [0.2, 0.25) is 0 Å². The maximum absolute atomic E-state index is 9.10. The van der Waals surface area contributed by atoms with Gasteiger partial charge >= 0.3 is 0 Å². The minimum atomic E-state index is 0.313. The zero-order chi connectivity index (χ0) is 7.90. The van der Waals surface area contributed by atoms with Crippen LogP contribution in [0.15, 0.2) is 0 Å². The molecule has 0 aromatic carbocycles. The maximum atomic E-state index is 9.10. The molecule has 64 valence electrons. The second kappa shape index (κ2) is 2.44. The van der Waals surface area contributed by atoms with Gasteiger partial charge in [-0.05, 0) is 18.3 Å². The molecule has 0 bridgehead atoms. The van der Waals surface area contributed by atoms with Gasteiger partial charge in [-0.2, -0.15) is 0 Å². The van der Waals surface area contributed by atoms with Crippen molar-refractivity contribution in [3.8, 4) is 0 Å². The lowest BCUT2D eigenvalue weighted by Gasteiger charge is -2.42. The molecule has 1 heterocycles. The Morgan fingerprint density at radius 3 is 2.64 bits per heavy atom. The van der Waals surface area contributed by atoms with Gasteiger partial charge in [0.2, 0.25) is 0 Å². The van der Waals surface area contributed by atoms with Gasteiger partial charge in [0.05, 0.1) is 0 Å². The highest BCUT2D eigenvalue weighted by Crippen LogP contribution is 2.50. The number of aliphatic hydroxyl groups is 1. The third kappa shape index (κ3) is 0.991. The minimum absolute atomic E-state index is 0.313. The van der Waals surface area contributed by atoms with Gasteiger partial charge in [-0.3, -0.25) is 5.84 Å². The molecular formula is C8H16N2O. The first-order valence-corrected chi connectivity index (χ1v) is 4.37. The Bertz CT molecular complexity index is 156. The van der Waals surface area contributed by atoms with Crippen molar-refractivity contribution < 1.29 is 5.11 Å². The first-order chi connectivity index (χ1) is 5.27. The van der Waals surface area contributed by atoms with Gasteiger partial charge in [-0.15, -0.1) is 0 Å². The van der Waals surface area contributed by atoms with E-state index in [1.165, 1.54) is 19.3 Å². The van der Waals surface area contributed by atoms with Crippen molar-refractivity contribution in [1.82, 2.24) is 5.01 Å². The maximum Gasteiger partial charge on any atom is 0.0477 e. The summed E-state index contributed by atoms with van der Waals surface area (Å²) in [7, 11) is 0. The fraction of sp³-hybridized carbons (Fsp3) is 1.00. The van der Waals surface area contributed by atoms with Gasteiger partial charge in [0.25, 0.3) is 0 Å². The van der Waals surface area contributed by atoms with E-state index < -0.39 is 0 Å². The van der Waals surface area contributed by atoms with E-state index in [2.05, 4.69) is 0 Å². The minimum Gasteiger partial charge on any atom is -0.396 e. The Balaban J connectivity index is 2.07. The van der Waals surface area contributed by atoms with E-state index in [0.717, 1.165) is 13.1 Å². The normalized spacial score (nSPS) is 36.0. The molecule has 2 fully saturated rings. The molecule has 1 aliphatic heterocycles.